The quantitative estimate of drug-likeness (QED) is 0.0343. The van der Waals surface area contributed by atoms with Crippen molar-refractivity contribution in [1.29, 1.82) is 0 Å². The van der Waals surface area contributed by atoms with Crippen molar-refractivity contribution >= 4 is 35.1 Å². The Morgan fingerprint density at radius 2 is 0.674 bits per heavy atom. The van der Waals surface area contributed by atoms with Crippen LogP contribution in [0.1, 0.15) is 170 Å². The van der Waals surface area contributed by atoms with E-state index in [0.29, 0.717) is 137 Å². The number of nitrogens with one attached hydrogen (secondary N) is 3. The maximum absolute atomic E-state index is 13.9. The lowest BCUT2D eigenvalue weighted by Crippen LogP contribution is -2.67. The van der Waals surface area contributed by atoms with Gasteiger partial charge in [0, 0.05) is 12.8 Å². The Bertz CT molecular complexity index is 2880. The van der Waals surface area contributed by atoms with Gasteiger partial charge >= 0.3 is 0 Å². The molecule has 3 amide bonds. The topological polar surface area (TPSA) is 605 Å². The van der Waals surface area contributed by atoms with Crippen molar-refractivity contribution in [2.75, 3.05) is 165 Å². The Hall–Kier alpha value is -3.90. The van der Waals surface area contributed by atoms with Crippen molar-refractivity contribution in [3.63, 3.8) is 0 Å². The molecule has 0 aromatic carbocycles. The lowest BCUT2D eigenvalue weighted by molar-refractivity contribution is -0.336. The van der Waals surface area contributed by atoms with Crippen molar-refractivity contribution in [3.05, 3.63) is 0 Å². The summed E-state index contributed by atoms with van der Waals surface area (Å²) in [6, 6.07) is -2.55. The van der Waals surface area contributed by atoms with Crippen molar-refractivity contribution < 1.29 is 179 Å². The van der Waals surface area contributed by atoms with Crippen LogP contribution < -0.4 is 28.3 Å². The Balaban J connectivity index is 0.0000128. The number of ketones is 3. The molecule has 0 aromatic heterocycles. The predicted molar refractivity (Wildman–Crippen MR) is 455 cm³/mol. The van der Waals surface area contributed by atoms with Gasteiger partial charge in [-0.3, -0.25) is 28.8 Å². The van der Waals surface area contributed by atoms with Crippen LogP contribution in [0.2, 0.25) is 0 Å². The third-order valence-corrected chi connectivity index (χ3v) is 24.7. The van der Waals surface area contributed by atoms with Crippen LogP contribution >= 0.6 is 0 Å². The first-order valence-electron chi connectivity index (χ1n) is 46.2. The van der Waals surface area contributed by atoms with E-state index in [1.807, 2.05) is 13.8 Å². The summed E-state index contributed by atoms with van der Waals surface area (Å²) in [6.45, 7) is 13.2. The number of aliphatic hydroxyl groups excluding tert-OH is 10. The van der Waals surface area contributed by atoms with Crippen LogP contribution in [0.4, 0.5) is 0 Å². The molecule has 19 N–H and O–H groups in total. The summed E-state index contributed by atoms with van der Waals surface area (Å²) in [4.78, 5) is 80.0. The highest BCUT2D eigenvalue weighted by atomic mass is 16.8. The van der Waals surface area contributed by atoms with Gasteiger partial charge in [0.05, 0.1) is 189 Å². The minimum absolute atomic E-state index is 0. The smallest absolute Gasteiger partial charge is 0.246 e. The summed E-state index contributed by atoms with van der Waals surface area (Å²) in [5.41, 5.74) is 0. The van der Waals surface area contributed by atoms with Gasteiger partial charge in [-0.15, -0.1) is 0 Å². The zero-order valence-electron chi connectivity index (χ0n) is 76.5. The third-order valence-electron chi connectivity index (χ3n) is 24.7. The van der Waals surface area contributed by atoms with E-state index in [9.17, 15) is 79.8 Å². The molecule has 8 aliphatic rings. The molecule has 42 nitrogen and oxygen atoms in total. The summed E-state index contributed by atoms with van der Waals surface area (Å²) in [7, 11) is 0. The number of ether oxygens (including phenoxy) is 21. The number of carbonyl (C=O) groups excluding carboxylic acids is 6. The standard InChI is InChI=1S/C87H151N3O37.2H3N/c1-52-15-13-21-61(80(52)126-86-78(105)76(103)72(99)56(5)118-86)122-84-70(82(74(101)65(48-91)124-84)120-63(54(3)93)45-58-17-9-7-10-18-58)89-67(96)24-23-60(95)50-116-43-41-114-39-37-112-35-33-110-31-29-108-27-25-107-26-28-109-30-32-111-34-36-113-38-40-115-42-44-117-51-69(98)88-47-68(97)90-71-83(121-64(55(4)94)46-59-19-11-8-12-20-59)75(102)66(49-92)125-85(71)123-62-22-14-16-53(2)81(62)127-87-79(106)77(104)73(100)57(6)119-87;;/h52-53,56-59,61-66,70-87,91-92,99-106H,7-51H2,1-6H3,(H,88,98)(H,89,96)(H,90,97);2*1H3/t52?,53?,56?,57?,61-,62-,63+,64+,65+,66+,70?,71?,72-,73-,74+,75+,76+,77+,78?,79?,80-,81-,82?,83?,84-,85-,86+,87+;;/m1../s1. The summed E-state index contributed by atoms with van der Waals surface area (Å²) < 4.78 is 124. The van der Waals surface area contributed by atoms with Crippen LogP contribution in [0.15, 0.2) is 0 Å². The molecule has 10 unspecified atom stereocenters. The maximum atomic E-state index is 13.9. The Kier molecular flexibility index (Phi) is 55.4. The number of aliphatic hydroxyl groups is 10. The highest BCUT2D eigenvalue weighted by molar-refractivity contribution is 5.86. The number of hydrogen-bond acceptors (Lipinski definition) is 39. The number of amides is 3. The van der Waals surface area contributed by atoms with Crippen LogP contribution in [0.5, 0.6) is 0 Å². The molecular weight excluding hydrogens is 1710 g/mol. The Morgan fingerprint density at radius 1 is 0.341 bits per heavy atom. The van der Waals surface area contributed by atoms with Gasteiger partial charge in [-0.05, 0) is 89.9 Å². The van der Waals surface area contributed by atoms with E-state index in [2.05, 4.69) is 16.0 Å². The van der Waals surface area contributed by atoms with Crippen LogP contribution in [-0.2, 0) is 128 Å². The molecule has 752 valence electrons. The second-order valence-electron chi connectivity index (χ2n) is 34.7. The molecule has 8 rings (SSSR count). The first-order valence-corrected chi connectivity index (χ1v) is 46.2. The van der Waals surface area contributed by atoms with Gasteiger partial charge in [-0.1, -0.05) is 90.9 Å². The van der Waals surface area contributed by atoms with Crippen LogP contribution in [0, 0.1) is 23.7 Å². The highest BCUT2D eigenvalue weighted by Gasteiger charge is 2.55. The van der Waals surface area contributed by atoms with E-state index in [0.717, 1.165) is 64.2 Å². The van der Waals surface area contributed by atoms with Gasteiger partial charge < -0.3 is 179 Å². The Morgan fingerprint density at radius 3 is 1.02 bits per heavy atom. The van der Waals surface area contributed by atoms with E-state index in [-0.39, 0.29) is 119 Å². The number of carbonyl (C=O) groups is 6. The van der Waals surface area contributed by atoms with Gasteiger partial charge in [-0.2, -0.15) is 0 Å². The molecule has 0 spiro atoms. The molecule has 8 fully saturated rings. The minimum atomic E-state index is -1.59. The van der Waals surface area contributed by atoms with E-state index < -0.39 is 203 Å². The average Bonchev–Trinajstić information content (AvgIpc) is 0.782. The van der Waals surface area contributed by atoms with E-state index in [1.165, 1.54) is 13.8 Å². The number of hydrogen-bond donors (Lipinski definition) is 15. The zero-order chi connectivity index (χ0) is 91.6. The largest absolute Gasteiger partial charge is 0.394 e. The molecule has 129 heavy (non-hydrogen) atoms. The van der Waals surface area contributed by atoms with E-state index in [1.54, 1.807) is 13.8 Å². The molecule has 4 saturated heterocycles. The molecule has 28 atom stereocenters. The van der Waals surface area contributed by atoms with Crippen molar-refractivity contribution in [1.82, 2.24) is 28.3 Å². The Labute approximate surface area is 757 Å². The second-order valence-corrected chi connectivity index (χ2v) is 34.7. The molecule has 0 bridgehead atoms. The van der Waals surface area contributed by atoms with Crippen molar-refractivity contribution in [2.24, 2.45) is 23.7 Å². The van der Waals surface area contributed by atoms with Gasteiger partial charge in [0.1, 0.15) is 111 Å². The van der Waals surface area contributed by atoms with E-state index in [4.69, 9.17) is 99.5 Å². The first kappa shape index (κ1) is 114. The molecule has 4 heterocycles. The number of Topliss-reactive ketones (excluding diaryl/α,β-unsaturated/α-hetero) is 3. The van der Waals surface area contributed by atoms with Crippen LogP contribution in [0.25, 0.3) is 0 Å². The summed E-state index contributed by atoms with van der Waals surface area (Å²) in [5.74, 6) is -2.80. The molecular formula is C87H157N5O37. The lowest BCUT2D eigenvalue weighted by Gasteiger charge is -2.48. The molecule has 42 heteroatoms. The normalized spacial score (nSPS) is 32.9. The monoisotopic (exact) mass is 1860 g/mol. The van der Waals surface area contributed by atoms with Gasteiger partial charge in [0.25, 0.3) is 0 Å². The summed E-state index contributed by atoms with van der Waals surface area (Å²) in [6.07, 6.45) is -15.6. The summed E-state index contributed by atoms with van der Waals surface area (Å²) in [5, 5.41) is 116. The fourth-order valence-corrected chi connectivity index (χ4v) is 17.3. The fraction of sp³-hybridized carbons (Fsp3) is 0.931. The predicted octanol–water partition coefficient (Wildman–Crippen LogP) is -0.454. The average molecular weight is 1870 g/mol. The van der Waals surface area contributed by atoms with Crippen molar-refractivity contribution in [2.45, 2.75) is 329 Å². The van der Waals surface area contributed by atoms with E-state index >= 15 is 0 Å². The molecule has 0 aromatic rings. The van der Waals surface area contributed by atoms with Crippen molar-refractivity contribution in [3.8, 4) is 0 Å². The van der Waals surface area contributed by atoms with Gasteiger partial charge in [0.2, 0.25) is 17.7 Å². The SMILES string of the molecule is CC(=O)[C@H](CC1CCCCC1)OC1C(NC(=O)CCC(=O)COCCOCCOCCOCCOCCOCCOCCOCCOCCOCCOCC(=O)NCC(=O)NC2C(O[C@@H](CC3CCCCC3)C(C)=O)[C@@H](O)[C@H](CO)O[C@H]2O[C@@H]2CCCC(C)[C@H]2O[C@@H]2OC(C)[C@@H](O)[C@H](O)C2O)[C@H](O[C@@H]2CCCC(C)[C@H]2O[C@@H]2OC(C)[C@@H](O)[C@H](O)C2O)O[C@@H](CO)[C@@H]1O.N.N. The molecule has 0 radical (unpaired) electrons. The van der Waals surface area contributed by atoms with Crippen LogP contribution in [-0.4, -0.2) is 411 Å². The maximum Gasteiger partial charge on any atom is 0.246 e. The van der Waals surface area contributed by atoms with Gasteiger partial charge in [0.15, 0.2) is 42.5 Å². The highest BCUT2D eigenvalue weighted by Crippen LogP contribution is 2.40. The minimum Gasteiger partial charge on any atom is -0.394 e. The van der Waals surface area contributed by atoms with Crippen LogP contribution in [0.3, 0.4) is 0 Å². The second kappa shape index (κ2) is 62.8. The fourth-order valence-electron chi connectivity index (χ4n) is 17.3. The molecule has 4 aliphatic heterocycles. The zero-order valence-corrected chi connectivity index (χ0v) is 76.5. The molecule has 4 saturated carbocycles. The lowest BCUT2D eigenvalue weighted by atomic mass is 9.84. The first-order chi connectivity index (χ1) is 61.3. The number of rotatable bonds is 61. The van der Waals surface area contributed by atoms with Gasteiger partial charge in [-0.25, -0.2) is 0 Å². The third kappa shape index (κ3) is 38.9. The molecule has 4 aliphatic carbocycles. The summed E-state index contributed by atoms with van der Waals surface area (Å²) >= 11 is 0.